The molecule has 1 aliphatic rings. The predicted molar refractivity (Wildman–Crippen MR) is 81.9 cm³/mol. The van der Waals surface area contributed by atoms with Crippen molar-refractivity contribution in [3.8, 4) is 0 Å². The van der Waals surface area contributed by atoms with Crippen LogP contribution in [0, 0.1) is 6.92 Å². The lowest BCUT2D eigenvalue weighted by Gasteiger charge is -2.36. The third kappa shape index (κ3) is 2.62. The van der Waals surface area contributed by atoms with Crippen LogP contribution < -0.4 is 11.3 Å². The maximum absolute atomic E-state index is 5.56. The Morgan fingerprint density at radius 1 is 1.14 bits per heavy atom. The van der Waals surface area contributed by atoms with Gasteiger partial charge in [-0.15, -0.1) is 0 Å². The number of hydrogen-bond acceptors (Lipinski definition) is 5. The van der Waals surface area contributed by atoms with E-state index in [0.717, 1.165) is 37.6 Å². The van der Waals surface area contributed by atoms with Crippen LogP contribution in [0.25, 0.3) is 0 Å². The molecule has 1 aromatic heterocycles. The first kappa shape index (κ1) is 14.0. The van der Waals surface area contributed by atoms with E-state index in [4.69, 9.17) is 15.6 Å². The van der Waals surface area contributed by atoms with Gasteiger partial charge in [0.15, 0.2) is 0 Å². The summed E-state index contributed by atoms with van der Waals surface area (Å²) >= 11 is 0. The second-order valence-electron chi connectivity index (χ2n) is 5.42. The second-order valence-corrected chi connectivity index (χ2v) is 5.42. The van der Waals surface area contributed by atoms with Crippen LogP contribution in [0.1, 0.15) is 29.9 Å². The van der Waals surface area contributed by atoms with E-state index in [9.17, 15) is 0 Å². The summed E-state index contributed by atoms with van der Waals surface area (Å²) in [7, 11) is 0. The van der Waals surface area contributed by atoms with Gasteiger partial charge in [-0.2, -0.15) is 0 Å². The lowest BCUT2D eigenvalue weighted by atomic mass is 9.73. The molecule has 110 valence electrons. The Hall–Kier alpha value is -1.98. The first-order valence-electron chi connectivity index (χ1n) is 7.21. The first-order valence-corrected chi connectivity index (χ1v) is 7.21. The van der Waals surface area contributed by atoms with Gasteiger partial charge in [-0.25, -0.2) is 15.8 Å². The van der Waals surface area contributed by atoms with Crippen molar-refractivity contribution in [3.63, 3.8) is 0 Å². The van der Waals surface area contributed by atoms with E-state index < -0.39 is 0 Å². The van der Waals surface area contributed by atoms with Gasteiger partial charge < -0.3 is 10.2 Å². The minimum atomic E-state index is -0.197. The third-order valence-corrected chi connectivity index (χ3v) is 4.10. The molecule has 1 fully saturated rings. The van der Waals surface area contributed by atoms with Gasteiger partial charge in [0, 0.05) is 25.0 Å². The Balaban J connectivity index is 2.14. The summed E-state index contributed by atoms with van der Waals surface area (Å²) in [6, 6.07) is 12.3. The van der Waals surface area contributed by atoms with Crippen LogP contribution in [0.5, 0.6) is 0 Å². The molecule has 2 aromatic rings. The number of aryl methyl sites for hydroxylation is 1. The van der Waals surface area contributed by atoms with E-state index in [2.05, 4.69) is 34.7 Å². The highest BCUT2D eigenvalue weighted by Crippen LogP contribution is 2.39. The number of aromatic nitrogens is 2. The van der Waals surface area contributed by atoms with Crippen molar-refractivity contribution in [3.05, 3.63) is 53.5 Å². The fourth-order valence-corrected chi connectivity index (χ4v) is 2.97. The normalized spacial score (nSPS) is 17.4. The van der Waals surface area contributed by atoms with Gasteiger partial charge in [0.25, 0.3) is 0 Å². The van der Waals surface area contributed by atoms with Gasteiger partial charge >= 0.3 is 0 Å². The van der Waals surface area contributed by atoms with Crippen LogP contribution in [0.2, 0.25) is 0 Å². The monoisotopic (exact) mass is 284 g/mol. The number of hydrogen-bond donors (Lipinski definition) is 2. The number of anilines is 1. The van der Waals surface area contributed by atoms with Crippen molar-refractivity contribution in [2.24, 2.45) is 5.84 Å². The molecule has 2 heterocycles. The summed E-state index contributed by atoms with van der Waals surface area (Å²) in [6.45, 7) is 3.40. The molecule has 0 saturated carbocycles. The van der Waals surface area contributed by atoms with Crippen LogP contribution in [0.4, 0.5) is 5.82 Å². The number of rotatable bonds is 3. The molecule has 0 radical (unpaired) electrons. The smallest absolute Gasteiger partial charge is 0.143 e. The first-order chi connectivity index (χ1) is 10.2. The van der Waals surface area contributed by atoms with Gasteiger partial charge in [0.2, 0.25) is 0 Å². The number of nitrogens with one attached hydrogen (secondary N) is 1. The van der Waals surface area contributed by atoms with E-state index >= 15 is 0 Å². The van der Waals surface area contributed by atoms with E-state index in [1.807, 2.05) is 19.1 Å². The number of nitrogen functional groups attached to an aromatic ring is 1. The Labute approximate surface area is 124 Å². The van der Waals surface area contributed by atoms with Gasteiger partial charge in [-0.3, -0.25) is 0 Å². The van der Waals surface area contributed by atoms with Gasteiger partial charge in [-0.05, 0) is 25.3 Å². The van der Waals surface area contributed by atoms with Crippen molar-refractivity contribution >= 4 is 5.82 Å². The van der Waals surface area contributed by atoms with Crippen molar-refractivity contribution in [2.45, 2.75) is 25.2 Å². The zero-order chi connectivity index (χ0) is 14.7. The SMILES string of the molecule is Cc1cc(NN)nc(C2(c3ccccc3)CCOCC2)n1. The summed E-state index contributed by atoms with van der Waals surface area (Å²) < 4.78 is 5.56. The molecule has 1 aliphatic heterocycles. The molecule has 0 spiro atoms. The Morgan fingerprint density at radius 3 is 2.52 bits per heavy atom. The maximum atomic E-state index is 5.56. The Kier molecular flexibility index (Phi) is 3.86. The molecule has 0 aliphatic carbocycles. The molecule has 3 rings (SSSR count). The highest BCUT2D eigenvalue weighted by atomic mass is 16.5. The molecule has 0 amide bonds. The summed E-state index contributed by atoms with van der Waals surface area (Å²) in [5.74, 6) is 7.01. The minimum absolute atomic E-state index is 0.197. The minimum Gasteiger partial charge on any atom is -0.381 e. The maximum Gasteiger partial charge on any atom is 0.143 e. The van der Waals surface area contributed by atoms with E-state index in [1.165, 1.54) is 5.56 Å². The zero-order valence-electron chi connectivity index (χ0n) is 12.2. The third-order valence-electron chi connectivity index (χ3n) is 4.10. The number of benzene rings is 1. The molecule has 21 heavy (non-hydrogen) atoms. The Morgan fingerprint density at radius 2 is 1.86 bits per heavy atom. The van der Waals surface area contributed by atoms with Crippen molar-refractivity contribution in [2.75, 3.05) is 18.6 Å². The van der Waals surface area contributed by atoms with E-state index in [1.54, 1.807) is 0 Å². The van der Waals surface area contributed by atoms with Crippen LogP contribution in [0.3, 0.4) is 0 Å². The van der Waals surface area contributed by atoms with Crippen molar-refractivity contribution in [1.82, 2.24) is 9.97 Å². The second kappa shape index (κ2) is 5.79. The standard InChI is InChI=1S/C16H20N4O/c1-12-11-14(20-17)19-15(18-12)16(7-9-21-10-8-16)13-5-3-2-4-6-13/h2-6,11H,7-10,17H2,1H3,(H,18,19,20). The molecule has 1 saturated heterocycles. The van der Waals surface area contributed by atoms with Crippen molar-refractivity contribution < 1.29 is 4.74 Å². The lowest BCUT2D eigenvalue weighted by molar-refractivity contribution is 0.0604. The fraction of sp³-hybridized carbons (Fsp3) is 0.375. The largest absolute Gasteiger partial charge is 0.381 e. The molecule has 0 unspecified atom stereocenters. The highest BCUT2D eigenvalue weighted by molar-refractivity contribution is 5.40. The average molecular weight is 284 g/mol. The molecular weight excluding hydrogens is 264 g/mol. The predicted octanol–water partition coefficient (Wildman–Crippen LogP) is 2.17. The van der Waals surface area contributed by atoms with Crippen molar-refractivity contribution in [1.29, 1.82) is 0 Å². The van der Waals surface area contributed by atoms with E-state index in [0.29, 0.717) is 5.82 Å². The molecule has 5 heteroatoms. The topological polar surface area (TPSA) is 73.1 Å². The fourth-order valence-electron chi connectivity index (χ4n) is 2.97. The summed E-state index contributed by atoms with van der Waals surface area (Å²) in [5, 5.41) is 0. The molecule has 0 atom stereocenters. The van der Waals surface area contributed by atoms with Gasteiger partial charge in [0.05, 0.1) is 5.41 Å². The Bertz CT molecular complexity index is 609. The summed E-state index contributed by atoms with van der Waals surface area (Å²) in [5.41, 5.74) is 4.59. The number of nitrogens with zero attached hydrogens (tertiary/aromatic N) is 2. The van der Waals surface area contributed by atoms with Crippen LogP contribution >= 0.6 is 0 Å². The van der Waals surface area contributed by atoms with Crippen LogP contribution in [-0.2, 0) is 10.2 Å². The quantitative estimate of drug-likeness (QED) is 0.667. The van der Waals surface area contributed by atoms with Gasteiger partial charge in [0.1, 0.15) is 11.6 Å². The molecule has 5 nitrogen and oxygen atoms in total. The molecule has 1 aromatic carbocycles. The molecule has 0 bridgehead atoms. The highest BCUT2D eigenvalue weighted by Gasteiger charge is 2.39. The summed E-state index contributed by atoms with van der Waals surface area (Å²) in [6.07, 6.45) is 1.76. The lowest BCUT2D eigenvalue weighted by Crippen LogP contribution is -2.37. The molecular formula is C16H20N4O. The van der Waals surface area contributed by atoms with Gasteiger partial charge in [-0.1, -0.05) is 30.3 Å². The van der Waals surface area contributed by atoms with Crippen LogP contribution in [-0.4, -0.2) is 23.2 Å². The number of nitrogens with two attached hydrogens (primary N) is 1. The summed E-state index contributed by atoms with van der Waals surface area (Å²) in [4.78, 5) is 9.31. The number of hydrazine groups is 1. The number of ether oxygens (including phenoxy) is 1. The van der Waals surface area contributed by atoms with E-state index in [-0.39, 0.29) is 5.41 Å². The molecule has 3 N–H and O–H groups in total. The van der Waals surface area contributed by atoms with Crippen LogP contribution in [0.15, 0.2) is 36.4 Å². The zero-order valence-corrected chi connectivity index (χ0v) is 12.2. The average Bonchev–Trinajstić information content (AvgIpc) is 2.55.